The lowest BCUT2D eigenvalue weighted by atomic mass is 10.1. The number of aromatic nitrogens is 1. The van der Waals surface area contributed by atoms with Crippen LogP contribution in [0.4, 0.5) is 10.1 Å². The van der Waals surface area contributed by atoms with E-state index in [1.165, 1.54) is 23.5 Å². The maximum atomic E-state index is 13.2. The minimum Gasteiger partial charge on any atom is -0.328 e. The van der Waals surface area contributed by atoms with E-state index < -0.39 is 16.4 Å². The molecule has 0 radical (unpaired) electrons. The van der Waals surface area contributed by atoms with Gasteiger partial charge in [0.25, 0.3) is 0 Å². The number of nitro groups is 1. The van der Waals surface area contributed by atoms with Crippen LogP contribution in [0.15, 0.2) is 23.6 Å². The second kappa shape index (κ2) is 5.41. The van der Waals surface area contributed by atoms with Gasteiger partial charge < -0.3 is 5.73 Å². The minimum atomic E-state index is -0.847. The summed E-state index contributed by atoms with van der Waals surface area (Å²) < 4.78 is 13.2. The number of rotatable bonds is 4. The monoisotopic (exact) mass is 281 g/mol. The first-order valence-corrected chi connectivity index (χ1v) is 6.49. The number of hydrogen-bond acceptors (Lipinski definition) is 5. The van der Waals surface area contributed by atoms with Gasteiger partial charge in [-0.25, -0.2) is 4.98 Å². The molecule has 0 amide bonds. The third-order valence-corrected chi connectivity index (χ3v) is 3.36. The number of halogens is 1. The van der Waals surface area contributed by atoms with Crippen molar-refractivity contribution in [3.05, 3.63) is 44.5 Å². The Kier molecular flexibility index (Phi) is 3.87. The van der Waals surface area contributed by atoms with Crippen LogP contribution >= 0.6 is 11.3 Å². The minimum absolute atomic E-state index is 0.00144. The summed E-state index contributed by atoms with van der Waals surface area (Å²) in [6.07, 6.45) is 0.647. The summed E-state index contributed by atoms with van der Waals surface area (Å²) >= 11 is 1.44. The standard InChI is InChI=1S/C12H12FN3O2S/c1-7(14)4-12-15-10(6-19-12)8-2-3-9(13)11(5-8)16(17)18/h2-3,5-7H,4,14H2,1H3. The molecule has 1 heterocycles. The van der Waals surface area contributed by atoms with Crippen LogP contribution in [-0.2, 0) is 6.42 Å². The van der Waals surface area contributed by atoms with Crippen molar-refractivity contribution >= 4 is 17.0 Å². The molecule has 0 fully saturated rings. The van der Waals surface area contributed by atoms with E-state index in [-0.39, 0.29) is 6.04 Å². The molecule has 2 N–H and O–H groups in total. The van der Waals surface area contributed by atoms with E-state index >= 15 is 0 Å². The molecule has 19 heavy (non-hydrogen) atoms. The third-order valence-electron chi connectivity index (χ3n) is 2.49. The molecule has 2 aromatic rings. The van der Waals surface area contributed by atoms with E-state index in [1.54, 1.807) is 5.38 Å². The maximum Gasteiger partial charge on any atom is 0.305 e. The van der Waals surface area contributed by atoms with Gasteiger partial charge in [0.05, 0.1) is 15.6 Å². The van der Waals surface area contributed by atoms with Gasteiger partial charge in [-0.05, 0) is 19.1 Å². The summed E-state index contributed by atoms with van der Waals surface area (Å²) in [5.41, 5.74) is 6.27. The fourth-order valence-corrected chi connectivity index (χ4v) is 2.57. The molecular formula is C12H12FN3O2S. The quantitative estimate of drug-likeness (QED) is 0.690. The molecule has 7 heteroatoms. The molecule has 0 aliphatic heterocycles. The molecule has 1 atom stereocenters. The second-order valence-corrected chi connectivity index (χ2v) is 5.17. The largest absolute Gasteiger partial charge is 0.328 e. The number of nitro benzene ring substituents is 1. The van der Waals surface area contributed by atoms with Gasteiger partial charge in [-0.2, -0.15) is 4.39 Å². The average molecular weight is 281 g/mol. The molecule has 5 nitrogen and oxygen atoms in total. The highest BCUT2D eigenvalue weighted by atomic mass is 32.1. The van der Waals surface area contributed by atoms with Crippen LogP contribution in [0, 0.1) is 15.9 Å². The second-order valence-electron chi connectivity index (χ2n) is 4.23. The molecule has 0 spiro atoms. The Morgan fingerprint density at radius 1 is 1.58 bits per heavy atom. The topological polar surface area (TPSA) is 82.0 Å². The molecular weight excluding hydrogens is 269 g/mol. The van der Waals surface area contributed by atoms with Gasteiger partial charge in [-0.15, -0.1) is 11.3 Å². The normalized spacial score (nSPS) is 12.4. The molecule has 0 aliphatic carbocycles. The first-order valence-electron chi connectivity index (χ1n) is 5.61. The Balaban J connectivity index is 2.34. The van der Waals surface area contributed by atoms with Gasteiger partial charge in [0.15, 0.2) is 0 Å². The van der Waals surface area contributed by atoms with Gasteiger partial charge in [-0.1, -0.05) is 0 Å². The van der Waals surface area contributed by atoms with Crippen molar-refractivity contribution in [2.45, 2.75) is 19.4 Å². The van der Waals surface area contributed by atoms with E-state index in [1.807, 2.05) is 6.92 Å². The zero-order valence-corrected chi connectivity index (χ0v) is 11.0. The number of nitrogens with zero attached hydrogens (tertiary/aromatic N) is 2. The summed E-state index contributed by atoms with van der Waals surface area (Å²) in [5, 5.41) is 13.3. The molecule has 2 rings (SSSR count). The van der Waals surface area contributed by atoms with Crippen molar-refractivity contribution in [2.24, 2.45) is 5.73 Å². The smallest absolute Gasteiger partial charge is 0.305 e. The number of nitrogens with two attached hydrogens (primary N) is 1. The summed E-state index contributed by atoms with van der Waals surface area (Å²) in [4.78, 5) is 14.3. The Labute approximate surface area is 113 Å². The first kappa shape index (κ1) is 13.6. The van der Waals surface area contributed by atoms with E-state index in [0.717, 1.165) is 11.1 Å². The van der Waals surface area contributed by atoms with E-state index in [4.69, 9.17) is 5.73 Å². The lowest BCUT2D eigenvalue weighted by molar-refractivity contribution is -0.387. The van der Waals surface area contributed by atoms with Crippen LogP contribution in [0.1, 0.15) is 11.9 Å². The zero-order chi connectivity index (χ0) is 14.0. The SMILES string of the molecule is CC(N)Cc1nc(-c2ccc(F)c([N+](=O)[O-])c2)cs1. The Hall–Kier alpha value is -1.86. The molecule has 0 saturated heterocycles. The predicted molar refractivity (Wildman–Crippen MR) is 71.5 cm³/mol. The lowest BCUT2D eigenvalue weighted by Gasteiger charge is -2.00. The highest BCUT2D eigenvalue weighted by Gasteiger charge is 2.16. The maximum absolute atomic E-state index is 13.2. The highest BCUT2D eigenvalue weighted by molar-refractivity contribution is 7.09. The average Bonchev–Trinajstić information content (AvgIpc) is 2.76. The summed E-state index contributed by atoms with van der Waals surface area (Å²) in [6.45, 7) is 1.88. The molecule has 0 saturated carbocycles. The Morgan fingerprint density at radius 2 is 2.32 bits per heavy atom. The van der Waals surface area contributed by atoms with Crippen LogP contribution in [-0.4, -0.2) is 15.9 Å². The van der Waals surface area contributed by atoms with Crippen LogP contribution in [0.5, 0.6) is 0 Å². The molecule has 0 bridgehead atoms. The fraction of sp³-hybridized carbons (Fsp3) is 0.250. The van der Waals surface area contributed by atoms with Crippen molar-refractivity contribution in [2.75, 3.05) is 0 Å². The Bertz CT molecular complexity index is 613. The summed E-state index contributed by atoms with van der Waals surface area (Å²) in [7, 11) is 0. The molecule has 0 aliphatic rings. The number of thiazole rings is 1. The van der Waals surface area contributed by atoms with Gasteiger partial charge >= 0.3 is 5.69 Å². The van der Waals surface area contributed by atoms with Gasteiger partial charge in [0, 0.05) is 29.5 Å². The summed E-state index contributed by atoms with van der Waals surface area (Å²) in [5.74, 6) is -0.847. The highest BCUT2D eigenvalue weighted by Crippen LogP contribution is 2.27. The Morgan fingerprint density at radius 3 is 2.95 bits per heavy atom. The zero-order valence-electron chi connectivity index (χ0n) is 10.2. The lowest BCUT2D eigenvalue weighted by Crippen LogP contribution is -2.17. The first-order chi connectivity index (χ1) is 8.97. The van der Waals surface area contributed by atoms with Crippen molar-refractivity contribution < 1.29 is 9.31 Å². The van der Waals surface area contributed by atoms with Gasteiger partial charge in [0.2, 0.25) is 5.82 Å². The molecule has 1 aromatic carbocycles. The van der Waals surface area contributed by atoms with Crippen LogP contribution < -0.4 is 5.73 Å². The van der Waals surface area contributed by atoms with Crippen molar-refractivity contribution in [3.63, 3.8) is 0 Å². The van der Waals surface area contributed by atoms with Gasteiger partial charge in [0.1, 0.15) is 0 Å². The van der Waals surface area contributed by atoms with E-state index in [2.05, 4.69) is 4.98 Å². The van der Waals surface area contributed by atoms with E-state index in [9.17, 15) is 14.5 Å². The third kappa shape index (κ3) is 3.12. The predicted octanol–water partition coefficient (Wildman–Crippen LogP) is 2.75. The number of hydrogen-bond donors (Lipinski definition) is 1. The fourth-order valence-electron chi connectivity index (χ4n) is 1.62. The van der Waals surface area contributed by atoms with Crippen molar-refractivity contribution in [1.29, 1.82) is 0 Å². The van der Waals surface area contributed by atoms with E-state index in [0.29, 0.717) is 17.7 Å². The molecule has 1 aromatic heterocycles. The summed E-state index contributed by atoms with van der Waals surface area (Å²) in [6, 6.07) is 3.76. The number of benzene rings is 1. The molecule has 1 unspecified atom stereocenters. The van der Waals surface area contributed by atoms with Crippen molar-refractivity contribution in [3.8, 4) is 11.3 Å². The van der Waals surface area contributed by atoms with Crippen LogP contribution in [0.3, 0.4) is 0 Å². The van der Waals surface area contributed by atoms with Crippen LogP contribution in [0.25, 0.3) is 11.3 Å². The molecule has 100 valence electrons. The van der Waals surface area contributed by atoms with Gasteiger partial charge in [-0.3, -0.25) is 10.1 Å². The van der Waals surface area contributed by atoms with Crippen LogP contribution in [0.2, 0.25) is 0 Å². The van der Waals surface area contributed by atoms with Crippen molar-refractivity contribution in [1.82, 2.24) is 4.98 Å².